The van der Waals surface area contributed by atoms with Gasteiger partial charge in [-0.3, -0.25) is 0 Å². The van der Waals surface area contributed by atoms with Crippen LogP contribution in [0.4, 0.5) is 0 Å². The molecule has 0 radical (unpaired) electrons. The second kappa shape index (κ2) is 4.86. The zero-order valence-corrected chi connectivity index (χ0v) is 8.49. The molecule has 1 unspecified atom stereocenters. The molecule has 0 amide bonds. The van der Waals surface area contributed by atoms with Crippen molar-refractivity contribution in [3.63, 3.8) is 0 Å². The summed E-state index contributed by atoms with van der Waals surface area (Å²) in [6.45, 7) is 1.48. The molecule has 1 N–H and O–H groups in total. The van der Waals surface area contributed by atoms with Crippen molar-refractivity contribution in [2.75, 3.05) is 0 Å². The monoisotopic (exact) mass is 214 g/mol. The second-order valence-electron chi connectivity index (χ2n) is 2.88. The maximum atomic E-state index is 10.5. The molecule has 14 heavy (non-hydrogen) atoms. The van der Waals surface area contributed by atoms with Crippen LogP contribution in [0.2, 0.25) is 0 Å². The Morgan fingerprint density at radius 3 is 2.93 bits per heavy atom. The predicted molar refractivity (Wildman–Crippen MR) is 53.7 cm³/mol. The van der Waals surface area contributed by atoms with E-state index in [4.69, 9.17) is 21.4 Å². The first kappa shape index (κ1) is 10.9. The van der Waals surface area contributed by atoms with Gasteiger partial charge >= 0.3 is 5.97 Å². The topological polar surface area (TPSA) is 46.5 Å². The van der Waals surface area contributed by atoms with E-state index in [1.165, 1.54) is 6.92 Å². The average Bonchev–Trinajstić information content (AvgIpc) is 2.18. The van der Waals surface area contributed by atoms with Crippen LogP contribution in [0.5, 0.6) is 5.75 Å². The van der Waals surface area contributed by atoms with Gasteiger partial charge in [0, 0.05) is 5.88 Å². The van der Waals surface area contributed by atoms with Crippen molar-refractivity contribution < 1.29 is 14.6 Å². The maximum Gasteiger partial charge on any atom is 0.344 e. The van der Waals surface area contributed by atoms with Gasteiger partial charge in [-0.15, -0.1) is 11.6 Å². The molecule has 0 aliphatic heterocycles. The van der Waals surface area contributed by atoms with Crippen molar-refractivity contribution in [2.24, 2.45) is 0 Å². The van der Waals surface area contributed by atoms with Gasteiger partial charge in [-0.25, -0.2) is 4.79 Å². The molecule has 0 fully saturated rings. The number of carboxylic acid groups (broad SMARTS) is 1. The van der Waals surface area contributed by atoms with Crippen LogP contribution < -0.4 is 4.74 Å². The lowest BCUT2D eigenvalue weighted by Crippen LogP contribution is -2.22. The summed E-state index contributed by atoms with van der Waals surface area (Å²) in [7, 11) is 0. The number of alkyl halides is 1. The standard InChI is InChI=1S/C10H11ClO3/c1-7(10(12)13)14-9-4-2-3-8(5-9)6-11/h2-5,7H,6H2,1H3,(H,12,13). The van der Waals surface area contributed by atoms with Crippen molar-refractivity contribution in [2.45, 2.75) is 18.9 Å². The quantitative estimate of drug-likeness (QED) is 0.783. The third-order valence-electron chi connectivity index (χ3n) is 1.71. The molecule has 0 aliphatic rings. The van der Waals surface area contributed by atoms with Crippen LogP contribution in [-0.4, -0.2) is 17.2 Å². The minimum Gasteiger partial charge on any atom is -0.479 e. The molecule has 0 heterocycles. The lowest BCUT2D eigenvalue weighted by atomic mass is 10.2. The summed E-state index contributed by atoms with van der Waals surface area (Å²) in [4.78, 5) is 10.5. The first-order valence-corrected chi connectivity index (χ1v) is 4.71. The summed E-state index contributed by atoms with van der Waals surface area (Å²) >= 11 is 5.63. The molecule has 0 saturated heterocycles. The fourth-order valence-electron chi connectivity index (χ4n) is 0.956. The minimum atomic E-state index is -0.985. The van der Waals surface area contributed by atoms with E-state index in [1.54, 1.807) is 18.2 Å². The lowest BCUT2D eigenvalue weighted by molar-refractivity contribution is -0.144. The number of rotatable bonds is 4. The first-order valence-electron chi connectivity index (χ1n) is 4.18. The van der Waals surface area contributed by atoms with Gasteiger partial charge in [0.2, 0.25) is 0 Å². The van der Waals surface area contributed by atoms with Crippen molar-refractivity contribution >= 4 is 17.6 Å². The van der Waals surface area contributed by atoms with E-state index < -0.39 is 12.1 Å². The van der Waals surface area contributed by atoms with Crippen LogP contribution in [0.25, 0.3) is 0 Å². The molecular formula is C10H11ClO3. The van der Waals surface area contributed by atoms with Gasteiger partial charge < -0.3 is 9.84 Å². The van der Waals surface area contributed by atoms with Crippen molar-refractivity contribution in [1.29, 1.82) is 0 Å². The van der Waals surface area contributed by atoms with E-state index in [1.807, 2.05) is 6.07 Å². The Bertz CT molecular complexity index is 325. The van der Waals surface area contributed by atoms with Gasteiger partial charge in [0.05, 0.1) is 0 Å². The van der Waals surface area contributed by atoms with Crippen LogP contribution in [0.1, 0.15) is 12.5 Å². The Morgan fingerprint density at radius 1 is 1.64 bits per heavy atom. The molecule has 0 aromatic heterocycles. The number of carbonyl (C=O) groups is 1. The normalized spacial score (nSPS) is 12.1. The highest BCUT2D eigenvalue weighted by Gasteiger charge is 2.11. The van der Waals surface area contributed by atoms with Crippen LogP contribution in [-0.2, 0) is 10.7 Å². The summed E-state index contributed by atoms with van der Waals surface area (Å²) in [5.74, 6) is -0.0714. The highest BCUT2D eigenvalue weighted by atomic mass is 35.5. The van der Waals surface area contributed by atoms with Crippen molar-refractivity contribution in [3.05, 3.63) is 29.8 Å². The van der Waals surface area contributed by atoms with Crippen molar-refractivity contribution in [3.8, 4) is 5.75 Å². The average molecular weight is 215 g/mol. The highest BCUT2D eigenvalue weighted by molar-refractivity contribution is 6.17. The summed E-state index contributed by atoms with van der Waals surface area (Å²) < 4.78 is 5.16. The van der Waals surface area contributed by atoms with E-state index in [-0.39, 0.29) is 0 Å². The summed E-state index contributed by atoms with van der Waals surface area (Å²) in [6.07, 6.45) is -0.847. The number of carboxylic acids is 1. The zero-order valence-electron chi connectivity index (χ0n) is 7.74. The maximum absolute atomic E-state index is 10.5. The van der Waals surface area contributed by atoms with Gasteiger partial charge in [0.15, 0.2) is 6.10 Å². The SMILES string of the molecule is CC(Oc1cccc(CCl)c1)C(=O)O. The van der Waals surface area contributed by atoms with Crippen LogP contribution in [0, 0.1) is 0 Å². The predicted octanol–water partition coefficient (Wildman–Crippen LogP) is 2.28. The molecule has 76 valence electrons. The Kier molecular flexibility index (Phi) is 3.77. The zero-order chi connectivity index (χ0) is 10.6. The molecule has 1 aromatic rings. The highest BCUT2D eigenvalue weighted by Crippen LogP contribution is 2.16. The van der Waals surface area contributed by atoms with E-state index in [2.05, 4.69) is 0 Å². The van der Waals surface area contributed by atoms with Gasteiger partial charge in [0.25, 0.3) is 0 Å². The first-order chi connectivity index (χ1) is 6.63. The molecule has 0 aliphatic carbocycles. The molecule has 1 atom stereocenters. The fraction of sp³-hybridized carbons (Fsp3) is 0.300. The van der Waals surface area contributed by atoms with E-state index in [0.29, 0.717) is 11.6 Å². The molecule has 0 bridgehead atoms. The number of halogens is 1. The molecule has 1 aromatic carbocycles. The second-order valence-corrected chi connectivity index (χ2v) is 3.15. The number of benzene rings is 1. The molecule has 1 rings (SSSR count). The lowest BCUT2D eigenvalue weighted by Gasteiger charge is -2.10. The van der Waals surface area contributed by atoms with E-state index >= 15 is 0 Å². The van der Waals surface area contributed by atoms with Crippen LogP contribution >= 0.6 is 11.6 Å². The van der Waals surface area contributed by atoms with Gasteiger partial charge in [0.1, 0.15) is 5.75 Å². The smallest absolute Gasteiger partial charge is 0.344 e. The van der Waals surface area contributed by atoms with E-state index in [9.17, 15) is 4.79 Å². The fourth-order valence-corrected chi connectivity index (χ4v) is 1.12. The van der Waals surface area contributed by atoms with Crippen LogP contribution in [0.15, 0.2) is 24.3 Å². The molecule has 0 spiro atoms. The Labute approximate surface area is 87.3 Å². The van der Waals surface area contributed by atoms with Gasteiger partial charge in [-0.2, -0.15) is 0 Å². The molecular weight excluding hydrogens is 204 g/mol. The third kappa shape index (κ3) is 2.92. The Balaban J connectivity index is 2.71. The van der Waals surface area contributed by atoms with E-state index in [0.717, 1.165) is 5.56 Å². The van der Waals surface area contributed by atoms with Crippen LogP contribution in [0.3, 0.4) is 0 Å². The van der Waals surface area contributed by atoms with Crippen molar-refractivity contribution in [1.82, 2.24) is 0 Å². The molecule has 4 heteroatoms. The number of aliphatic carboxylic acids is 1. The summed E-state index contributed by atoms with van der Waals surface area (Å²) in [6, 6.07) is 7.06. The minimum absolute atomic E-state index is 0.388. The summed E-state index contributed by atoms with van der Waals surface area (Å²) in [5, 5.41) is 8.62. The third-order valence-corrected chi connectivity index (χ3v) is 2.02. The van der Waals surface area contributed by atoms with Gasteiger partial charge in [-0.1, -0.05) is 12.1 Å². The number of hydrogen-bond acceptors (Lipinski definition) is 2. The molecule has 3 nitrogen and oxygen atoms in total. The molecule has 0 saturated carbocycles. The number of hydrogen-bond donors (Lipinski definition) is 1. The Morgan fingerprint density at radius 2 is 2.36 bits per heavy atom. The number of ether oxygens (including phenoxy) is 1. The summed E-state index contributed by atoms with van der Waals surface area (Å²) in [5.41, 5.74) is 0.904. The largest absolute Gasteiger partial charge is 0.479 e. The Hall–Kier alpha value is -1.22. The van der Waals surface area contributed by atoms with Gasteiger partial charge in [-0.05, 0) is 24.6 Å².